The van der Waals surface area contributed by atoms with E-state index in [-0.39, 0.29) is 23.9 Å². The normalized spacial score (nSPS) is 14.6. The Labute approximate surface area is 194 Å². The molecule has 1 amide bonds. The van der Waals surface area contributed by atoms with Gasteiger partial charge in [-0.2, -0.15) is 13.2 Å². The predicted molar refractivity (Wildman–Crippen MR) is 120 cm³/mol. The van der Waals surface area contributed by atoms with Crippen LogP contribution < -0.4 is 14.8 Å². The third-order valence-corrected chi connectivity index (χ3v) is 5.72. The lowest BCUT2D eigenvalue weighted by molar-refractivity contribution is -0.122. The van der Waals surface area contributed by atoms with Crippen molar-refractivity contribution in [2.75, 3.05) is 13.2 Å². The van der Waals surface area contributed by atoms with Gasteiger partial charge in [-0.05, 0) is 29.7 Å². The van der Waals surface area contributed by atoms with Crippen molar-refractivity contribution in [3.8, 4) is 11.5 Å². The van der Waals surface area contributed by atoms with E-state index in [1.54, 1.807) is 18.2 Å². The summed E-state index contributed by atoms with van der Waals surface area (Å²) in [5.41, 5.74) is 0.735. The summed E-state index contributed by atoms with van der Waals surface area (Å²) >= 11 is 0. The quantitative estimate of drug-likeness (QED) is 0.507. The first-order valence-electron chi connectivity index (χ1n) is 11.0. The lowest BCUT2D eigenvalue weighted by atomic mass is 9.95. The molecule has 0 unspecified atom stereocenters. The van der Waals surface area contributed by atoms with Crippen LogP contribution in [-0.2, 0) is 11.3 Å². The molecule has 0 fully saturated rings. The maximum atomic E-state index is 13.1. The number of ketones is 1. The number of para-hydroxylation sites is 1. The van der Waals surface area contributed by atoms with Gasteiger partial charge in [0, 0.05) is 23.5 Å². The Morgan fingerprint density at radius 1 is 1.06 bits per heavy atom. The van der Waals surface area contributed by atoms with Gasteiger partial charge in [-0.3, -0.25) is 9.59 Å². The molecule has 3 aromatic rings. The Kier molecular flexibility index (Phi) is 6.54. The fourth-order valence-electron chi connectivity index (χ4n) is 4.09. The molecule has 9 heteroatoms. The fourth-order valence-corrected chi connectivity index (χ4v) is 4.09. The van der Waals surface area contributed by atoms with E-state index in [0.29, 0.717) is 30.2 Å². The Morgan fingerprint density at radius 3 is 2.47 bits per heavy atom. The van der Waals surface area contributed by atoms with Crippen LogP contribution >= 0.6 is 0 Å². The predicted octanol–water partition coefficient (Wildman–Crippen LogP) is 5.06. The minimum atomic E-state index is -5.00. The number of nitrogens with zero attached hydrogens (tertiary/aromatic N) is 1. The third kappa shape index (κ3) is 4.88. The summed E-state index contributed by atoms with van der Waals surface area (Å²) in [6, 6.07) is 11.4. The van der Waals surface area contributed by atoms with E-state index in [1.165, 1.54) is 10.6 Å². The summed E-state index contributed by atoms with van der Waals surface area (Å²) in [4.78, 5) is 24.9. The van der Waals surface area contributed by atoms with Crippen LogP contribution in [-0.4, -0.2) is 35.6 Å². The number of hydrogen-bond donors (Lipinski definition) is 1. The molecule has 0 radical (unpaired) electrons. The Balaban J connectivity index is 1.58. The second kappa shape index (κ2) is 9.40. The molecule has 4 rings (SSSR count). The first-order chi connectivity index (χ1) is 16.1. The van der Waals surface area contributed by atoms with Gasteiger partial charge in [-0.25, -0.2) is 0 Å². The minimum Gasteiger partial charge on any atom is -0.490 e. The van der Waals surface area contributed by atoms with Gasteiger partial charge in [-0.15, -0.1) is 0 Å². The molecule has 0 aliphatic carbocycles. The van der Waals surface area contributed by atoms with Crippen LogP contribution in [0.25, 0.3) is 10.9 Å². The number of nitrogens with one attached hydrogen (secondary N) is 1. The molecule has 0 spiro atoms. The topological polar surface area (TPSA) is 69.6 Å². The highest BCUT2D eigenvalue weighted by Gasteiger charge is 2.40. The molecule has 2 heterocycles. The highest BCUT2D eigenvalue weighted by atomic mass is 19.4. The molecule has 1 aromatic heterocycles. The number of fused-ring (bicyclic) bond motifs is 2. The Hall–Kier alpha value is -3.49. The molecular formula is C25H25F3N2O4. The van der Waals surface area contributed by atoms with Crippen LogP contribution in [0.4, 0.5) is 13.2 Å². The smallest absolute Gasteiger partial charge is 0.454 e. The van der Waals surface area contributed by atoms with Gasteiger partial charge in [-0.1, -0.05) is 38.1 Å². The molecule has 180 valence electrons. The number of amides is 1. The monoisotopic (exact) mass is 474 g/mol. The number of ether oxygens (including phenoxy) is 2. The fraction of sp³-hybridized carbons (Fsp3) is 0.360. The van der Waals surface area contributed by atoms with E-state index >= 15 is 0 Å². The number of Topliss-reactive ketones (excluding diaryl/α,β-unsaturated/α-hetero) is 1. The van der Waals surface area contributed by atoms with E-state index in [4.69, 9.17) is 9.47 Å². The van der Waals surface area contributed by atoms with Gasteiger partial charge in [0.05, 0.1) is 24.8 Å². The van der Waals surface area contributed by atoms with Crippen LogP contribution in [0, 0.1) is 5.92 Å². The van der Waals surface area contributed by atoms with Gasteiger partial charge in [0.25, 0.3) is 5.78 Å². The summed E-state index contributed by atoms with van der Waals surface area (Å²) in [5, 5.41) is 3.13. The van der Waals surface area contributed by atoms with E-state index in [0.717, 1.165) is 18.2 Å². The van der Waals surface area contributed by atoms with Crippen molar-refractivity contribution in [3.63, 3.8) is 0 Å². The summed E-state index contributed by atoms with van der Waals surface area (Å²) < 4.78 is 52.0. The summed E-state index contributed by atoms with van der Waals surface area (Å²) in [7, 11) is 0. The Bertz CT molecular complexity index is 1220. The molecule has 0 saturated heterocycles. The highest BCUT2D eigenvalue weighted by molar-refractivity contribution is 6.10. The lowest BCUT2D eigenvalue weighted by Gasteiger charge is -2.24. The van der Waals surface area contributed by atoms with Gasteiger partial charge >= 0.3 is 6.18 Å². The summed E-state index contributed by atoms with van der Waals surface area (Å²) in [6.45, 7) is 4.78. The highest BCUT2D eigenvalue weighted by Crippen LogP contribution is 2.34. The van der Waals surface area contributed by atoms with Gasteiger partial charge < -0.3 is 19.4 Å². The Morgan fingerprint density at radius 2 is 1.76 bits per heavy atom. The molecule has 34 heavy (non-hydrogen) atoms. The SMILES string of the molecule is CC(C)[C@@H](NC(=O)Cn1cc(C(=O)C(F)(F)F)c2ccccc21)c1ccc2c(c1)OCCCO2. The number of rotatable bonds is 6. The molecule has 2 aromatic carbocycles. The van der Waals surface area contributed by atoms with Crippen molar-refractivity contribution < 1.29 is 32.2 Å². The zero-order chi connectivity index (χ0) is 24.5. The second-order valence-electron chi connectivity index (χ2n) is 8.56. The number of carbonyl (C=O) groups is 2. The molecule has 1 aliphatic rings. The number of hydrogen-bond acceptors (Lipinski definition) is 4. The van der Waals surface area contributed by atoms with E-state index < -0.39 is 23.4 Å². The van der Waals surface area contributed by atoms with Crippen molar-refractivity contribution >= 4 is 22.6 Å². The van der Waals surface area contributed by atoms with Crippen LogP contribution in [0.1, 0.15) is 42.2 Å². The number of halogens is 3. The van der Waals surface area contributed by atoms with E-state index in [2.05, 4.69) is 5.32 Å². The number of benzene rings is 2. The first-order valence-corrected chi connectivity index (χ1v) is 11.0. The first kappa shape index (κ1) is 23.7. The maximum Gasteiger partial charge on any atom is 0.454 e. The van der Waals surface area contributed by atoms with Crippen molar-refractivity contribution in [2.24, 2.45) is 5.92 Å². The van der Waals surface area contributed by atoms with Crippen molar-refractivity contribution in [3.05, 3.63) is 59.8 Å². The van der Waals surface area contributed by atoms with Gasteiger partial charge in [0.1, 0.15) is 6.54 Å². The number of aromatic nitrogens is 1. The molecule has 1 atom stereocenters. The summed E-state index contributed by atoms with van der Waals surface area (Å²) in [6.07, 6.45) is -3.13. The lowest BCUT2D eigenvalue weighted by Crippen LogP contribution is -2.34. The van der Waals surface area contributed by atoms with Crippen LogP contribution in [0.5, 0.6) is 11.5 Å². The largest absolute Gasteiger partial charge is 0.490 e. The molecule has 1 aliphatic heterocycles. The molecule has 0 bridgehead atoms. The van der Waals surface area contributed by atoms with Gasteiger partial charge in [0.15, 0.2) is 11.5 Å². The molecule has 6 nitrogen and oxygen atoms in total. The average molecular weight is 474 g/mol. The molecule has 1 N–H and O–H groups in total. The number of carbonyl (C=O) groups excluding carboxylic acids is 2. The maximum absolute atomic E-state index is 13.1. The third-order valence-electron chi connectivity index (χ3n) is 5.72. The average Bonchev–Trinajstić information content (AvgIpc) is 2.97. The van der Waals surface area contributed by atoms with Crippen LogP contribution in [0.2, 0.25) is 0 Å². The van der Waals surface area contributed by atoms with Crippen molar-refractivity contribution in [1.82, 2.24) is 9.88 Å². The van der Waals surface area contributed by atoms with E-state index in [9.17, 15) is 22.8 Å². The number of alkyl halides is 3. The zero-order valence-corrected chi connectivity index (χ0v) is 18.8. The summed E-state index contributed by atoms with van der Waals surface area (Å²) in [5.74, 6) is -1.04. The molecule has 0 saturated carbocycles. The van der Waals surface area contributed by atoms with Crippen LogP contribution in [0.15, 0.2) is 48.7 Å². The minimum absolute atomic E-state index is 0.0254. The molecular weight excluding hydrogens is 449 g/mol. The van der Waals surface area contributed by atoms with Gasteiger partial charge in [0.2, 0.25) is 5.91 Å². The van der Waals surface area contributed by atoms with Crippen molar-refractivity contribution in [2.45, 2.75) is 39.0 Å². The standard InChI is InChI=1S/C25H25F3N2O4/c1-15(2)23(16-8-9-20-21(12-16)34-11-5-10-33-20)29-22(31)14-30-13-18(24(32)25(26,27)28)17-6-3-4-7-19(17)30/h3-4,6-9,12-13,15,23H,5,10-11,14H2,1-2H3,(H,29,31)/t23-/m1/s1. The van der Waals surface area contributed by atoms with Crippen LogP contribution in [0.3, 0.4) is 0 Å². The van der Waals surface area contributed by atoms with Crippen molar-refractivity contribution in [1.29, 1.82) is 0 Å². The second-order valence-corrected chi connectivity index (χ2v) is 8.56. The zero-order valence-electron chi connectivity index (χ0n) is 18.8. The van der Waals surface area contributed by atoms with E-state index in [1.807, 2.05) is 32.0 Å².